The number of rotatable bonds is 9. The fourth-order valence-electron chi connectivity index (χ4n) is 10.9. The molecule has 38 heavy (non-hydrogen) atoms. The van der Waals surface area contributed by atoms with E-state index in [1.54, 1.807) is 96.3 Å². The first-order chi connectivity index (χ1) is 18.4. The van der Waals surface area contributed by atoms with Gasteiger partial charge in [0, 0.05) is 6.61 Å². The van der Waals surface area contributed by atoms with E-state index in [1.807, 2.05) is 0 Å². The number of ether oxygens (including phenoxy) is 1. The molecule has 5 aliphatic carbocycles. The van der Waals surface area contributed by atoms with Crippen molar-refractivity contribution < 1.29 is 4.74 Å². The summed E-state index contributed by atoms with van der Waals surface area (Å²) in [5.41, 5.74) is 0.789. The highest BCUT2D eigenvalue weighted by molar-refractivity contribution is 5.09. The Balaban J connectivity index is 0.00000107. The molecule has 0 aromatic heterocycles. The summed E-state index contributed by atoms with van der Waals surface area (Å²) in [5.74, 6) is 7.80. The summed E-state index contributed by atoms with van der Waals surface area (Å²) in [5, 5.41) is 0. The normalized spacial score (nSPS) is 36.7. The van der Waals surface area contributed by atoms with Crippen LogP contribution in [0, 0.1) is 46.8 Å². The third kappa shape index (κ3) is 7.62. The first-order valence-corrected chi connectivity index (χ1v) is 18.0. The Hall–Kier alpha value is -0.0400. The maximum atomic E-state index is 5.93. The lowest BCUT2D eigenvalue weighted by molar-refractivity contribution is -0.0333. The lowest BCUT2D eigenvalue weighted by Crippen LogP contribution is -2.45. The number of hydrogen-bond acceptors (Lipinski definition) is 1. The predicted molar refractivity (Wildman–Crippen MR) is 165 cm³/mol. The van der Waals surface area contributed by atoms with Crippen molar-refractivity contribution in [1.29, 1.82) is 0 Å². The Morgan fingerprint density at radius 1 is 0.632 bits per heavy atom. The van der Waals surface area contributed by atoms with Crippen LogP contribution in [-0.4, -0.2) is 12.2 Å². The average Bonchev–Trinajstić information content (AvgIpc) is 3.52. The van der Waals surface area contributed by atoms with E-state index in [0.717, 1.165) is 53.4 Å². The lowest BCUT2D eigenvalue weighted by Gasteiger charge is -2.52. The summed E-state index contributed by atoms with van der Waals surface area (Å²) in [7, 11) is 0. The van der Waals surface area contributed by atoms with Crippen molar-refractivity contribution >= 4 is 0 Å². The largest absolute Gasteiger partial charge is 0.376 e. The fraction of sp³-hybridized carbons (Fsp3) is 1.00. The Kier molecular flexibility index (Phi) is 12.0. The first kappa shape index (κ1) is 30.9. The van der Waals surface area contributed by atoms with Crippen LogP contribution in [0.4, 0.5) is 0 Å². The fourth-order valence-corrected chi connectivity index (χ4v) is 10.9. The van der Waals surface area contributed by atoms with Crippen LogP contribution in [0.25, 0.3) is 0 Å². The topological polar surface area (TPSA) is 9.23 Å². The smallest absolute Gasteiger partial charge is 0.0598 e. The van der Waals surface area contributed by atoms with Crippen LogP contribution in [0.3, 0.4) is 0 Å². The van der Waals surface area contributed by atoms with Crippen molar-refractivity contribution in [1.82, 2.24) is 0 Å². The maximum Gasteiger partial charge on any atom is 0.0598 e. The van der Waals surface area contributed by atoms with Crippen molar-refractivity contribution in [2.75, 3.05) is 6.61 Å². The monoisotopic (exact) mass is 529 g/mol. The predicted octanol–water partition coefficient (Wildman–Crippen LogP) is 11.8. The summed E-state index contributed by atoms with van der Waals surface area (Å²) in [4.78, 5) is 0. The zero-order chi connectivity index (χ0) is 27.0. The standard InChI is InChI=1S/C34H60O.C3H8/c1-33(2,3)35-24-14-5-4-7-15-26-20-21-27(25-26)34(22-12-6-13-23-34)32-30-18-10-8-16-28(30)29-17-9-11-19-31(29)32;1-3-2/h26-32H,4-25H2,1-3H3;3H2,1-2H3. The molecule has 0 aliphatic heterocycles. The van der Waals surface area contributed by atoms with Gasteiger partial charge < -0.3 is 4.74 Å². The third-order valence-corrected chi connectivity index (χ3v) is 12.1. The molecule has 0 saturated heterocycles. The van der Waals surface area contributed by atoms with Gasteiger partial charge in [0.15, 0.2) is 0 Å². The Labute approximate surface area is 239 Å². The highest BCUT2D eigenvalue weighted by Crippen LogP contribution is 2.68. The van der Waals surface area contributed by atoms with Gasteiger partial charge >= 0.3 is 0 Å². The van der Waals surface area contributed by atoms with E-state index in [-0.39, 0.29) is 5.60 Å². The molecule has 0 radical (unpaired) electrons. The minimum absolute atomic E-state index is 0.0303. The number of fused-ring (bicyclic) bond motifs is 3. The number of unbranched alkanes of at least 4 members (excludes halogenated alkanes) is 3. The number of hydrogen-bond donors (Lipinski definition) is 0. The van der Waals surface area contributed by atoms with Crippen molar-refractivity contribution in [3.8, 4) is 0 Å². The highest BCUT2D eigenvalue weighted by Gasteiger charge is 2.60. The van der Waals surface area contributed by atoms with E-state index in [9.17, 15) is 0 Å². The van der Waals surface area contributed by atoms with Crippen molar-refractivity contribution in [2.24, 2.45) is 46.8 Å². The molecule has 222 valence electrons. The molecule has 5 saturated carbocycles. The van der Waals surface area contributed by atoms with Gasteiger partial charge in [0.25, 0.3) is 0 Å². The second kappa shape index (κ2) is 14.7. The van der Waals surface area contributed by atoms with Crippen LogP contribution in [-0.2, 0) is 4.74 Å². The average molecular weight is 529 g/mol. The van der Waals surface area contributed by atoms with Crippen LogP contribution in [0.2, 0.25) is 0 Å². The molecular weight excluding hydrogens is 460 g/mol. The van der Waals surface area contributed by atoms with Crippen LogP contribution < -0.4 is 0 Å². The molecule has 0 N–H and O–H groups in total. The quantitative estimate of drug-likeness (QED) is 0.270. The van der Waals surface area contributed by atoms with Crippen LogP contribution >= 0.6 is 0 Å². The van der Waals surface area contributed by atoms with Crippen molar-refractivity contribution in [3.05, 3.63) is 0 Å². The van der Waals surface area contributed by atoms with E-state index in [4.69, 9.17) is 4.74 Å². The molecule has 5 aliphatic rings. The van der Waals surface area contributed by atoms with Crippen molar-refractivity contribution in [2.45, 2.75) is 181 Å². The molecule has 0 spiro atoms. The molecule has 1 nitrogen and oxygen atoms in total. The van der Waals surface area contributed by atoms with E-state index < -0.39 is 0 Å². The lowest BCUT2D eigenvalue weighted by atomic mass is 9.52. The molecule has 0 heterocycles. The SMILES string of the molecule is CC(C)(C)OCCCCCCC1CCC(C2(C3C4CCCCC4C4CCCCC43)CCCCC2)C1.CCC. The van der Waals surface area contributed by atoms with Gasteiger partial charge in [-0.3, -0.25) is 0 Å². The second-order valence-corrected chi connectivity index (χ2v) is 15.8. The molecule has 1 heteroatoms. The van der Waals surface area contributed by atoms with E-state index in [0.29, 0.717) is 0 Å². The van der Waals surface area contributed by atoms with Gasteiger partial charge in [0.1, 0.15) is 0 Å². The molecule has 0 bridgehead atoms. The van der Waals surface area contributed by atoms with Crippen molar-refractivity contribution in [3.63, 3.8) is 0 Å². The highest BCUT2D eigenvalue weighted by atomic mass is 16.5. The van der Waals surface area contributed by atoms with Gasteiger partial charge in [0.2, 0.25) is 0 Å². The summed E-state index contributed by atoms with van der Waals surface area (Å²) < 4.78 is 5.93. The van der Waals surface area contributed by atoms with Crippen LogP contribution in [0.1, 0.15) is 176 Å². The minimum atomic E-state index is 0.0303. The molecule has 6 atom stereocenters. The molecule has 0 aromatic rings. The van der Waals surface area contributed by atoms with Gasteiger partial charge in [-0.1, -0.05) is 97.3 Å². The molecular formula is C37H68O. The van der Waals surface area contributed by atoms with E-state index >= 15 is 0 Å². The van der Waals surface area contributed by atoms with Crippen LogP contribution in [0.15, 0.2) is 0 Å². The Morgan fingerprint density at radius 2 is 1.18 bits per heavy atom. The molecule has 6 unspecified atom stereocenters. The summed E-state index contributed by atoms with van der Waals surface area (Å²) in [6.07, 6.45) is 33.6. The van der Waals surface area contributed by atoms with E-state index in [1.165, 1.54) is 44.9 Å². The van der Waals surface area contributed by atoms with Gasteiger partial charge in [-0.2, -0.15) is 0 Å². The summed E-state index contributed by atoms with van der Waals surface area (Å²) >= 11 is 0. The van der Waals surface area contributed by atoms with Gasteiger partial charge in [-0.25, -0.2) is 0 Å². The van der Waals surface area contributed by atoms with Crippen LogP contribution in [0.5, 0.6) is 0 Å². The zero-order valence-electron chi connectivity index (χ0n) is 26.7. The molecule has 5 rings (SSSR count). The zero-order valence-corrected chi connectivity index (χ0v) is 26.7. The van der Waals surface area contributed by atoms with Gasteiger partial charge in [-0.15, -0.1) is 0 Å². The first-order valence-electron chi connectivity index (χ1n) is 18.0. The molecule has 0 amide bonds. The second-order valence-electron chi connectivity index (χ2n) is 15.8. The maximum absolute atomic E-state index is 5.93. The minimum Gasteiger partial charge on any atom is -0.376 e. The Morgan fingerprint density at radius 3 is 1.76 bits per heavy atom. The Bertz CT molecular complexity index is 632. The van der Waals surface area contributed by atoms with E-state index in [2.05, 4.69) is 34.6 Å². The summed E-state index contributed by atoms with van der Waals surface area (Å²) in [6.45, 7) is 11.7. The molecule has 5 fully saturated rings. The van der Waals surface area contributed by atoms with Gasteiger partial charge in [-0.05, 0) is 125 Å². The van der Waals surface area contributed by atoms with Gasteiger partial charge in [0.05, 0.1) is 5.60 Å². The molecule has 0 aromatic carbocycles. The summed E-state index contributed by atoms with van der Waals surface area (Å²) in [6, 6.07) is 0. The third-order valence-electron chi connectivity index (χ3n) is 12.1.